The molecule has 2 aliphatic carbocycles. The number of hydrogen-bond donors (Lipinski definition) is 1. The Labute approximate surface area is 234 Å². The van der Waals surface area contributed by atoms with Crippen LogP contribution in [0.1, 0.15) is 23.9 Å². The van der Waals surface area contributed by atoms with Gasteiger partial charge in [-0.25, -0.2) is 23.5 Å². The number of carbonyl (C=O) groups excluding carboxylic acids is 2. The van der Waals surface area contributed by atoms with Crippen LogP contribution in [0.2, 0.25) is 0 Å². The number of Topliss-reactive ketones (excluding diaryl/α,β-unsaturated/α-hetero) is 1. The van der Waals surface area contributed by atoms with Crippen LogP contribution in [0.3, 0.4) is 0 Å². The molecule has 0 spiro atoms. The maximum absolute atomic E-state index is 13.8. The highest BCUT2D eigenvalue weighted by molar-refractivity contribution is 14.1. The fourth-order valence-corrected chi connectivity index (χ4v) is 6.70. The van der Waals surface area contributed by atoms with Crippen molar-refractivity contribution in [3.05, 3.63) is 126 Å². The number of phenols is 1. The van der Waals surface area contributed by atoms with Crippen LogP contribution in [0, 0.1) is 0 Å². The summed E-state index contributed by atoms with van der Waals surface area (Å²) in [7, 11) is 0. The average molecular weight is 629 g/mol. The minimum Gasteiger partial charge on any atom is -0.507 e. The first-order chi connectivity index (χ1) is 18.9. The number of aromatic nitrogens is 3. The standard InChI is InChI=1S/C30H20IN3O5/c31-22-15-24(35)21-14-23-19(12-13-32-29(38)33(30(39)34(23)32)17-7-2-1-3-8-17)25(26(21)28(22)37)20-11-10-16-6-4-5-9-18(16)27(20)36/h1-12,15,23,25,36H,13-14H2. The van der Waals surface area contributed by atoms with E-state index in [1.165, 1.54) is 15.4 Å². The van der Waals surface area contributed by atoms with Crippen LogP contribution in [0.15, 0.2) is 109 Å². The molecule has 9 heteroatoms. The number of halogens is 1. The molecule has 4 aromatic rings. The van der Waals surface area contributed by atoms with E-state index in [1.807, 2.05) is 52.9 Å². The number of allylic oxidation sites excluding steroid dienone is 6. The third-order valence-corrected chi connectivity index (χ3v) is 8.66. The molecule has 0 radical (unpaired) electrons. The van der Waals surface area contributed by atoms with Gasteiger partial charge in [-0.05, 0) is 45.7 Å². The molecule has 192 valence electrons. The lowest BCUT2D eigenvalue weighted by molar-refractivity contribution is -0.115. The Morgan fingerprint density at radius 3 is 2.41 bits per heavy atom. The van der Waals surface area contributed by atoms with Crippen LogP contribution in [0.4, 0.5) is 0 Å². The lowest BCUT2D eigenvalue weighted by Gasteiger charge is -2.39. The Kier molecular flexibility index (Phi) is 5.28. The van der Waals surface area contributed by atoms with Crippen molar-refractivity contribution in [2.24, 2.45) is 0 Å². The van der Waals surface area contributed by atoms with Gasteiger partial charge in [-0.15, -0.1) is 0 Å². The van der Waals surface area contributed by atoms with Crippen molar-refractivity contribution < 1.29 is 14.7 Å². The highest BCUT2D eigenvalue weighted by Gasteiger charge is 2.46. The van der Waals surface area contributed by atoms with Crippen LogP contribution in [-0.2, 0) is 16.1 Å². The normalized spacial score (nSPS) is 20.3. The van der Waals surface area contributed by atoms with Gasteiger partial charge in [0.15, 0.2) is 11.6 Å². The number of phenolic OH excluding ortho intramolecular Hbond substituents is 1. The van der Waals surface area contributed by atoms with Gasteiger partial charge in [0, 0.05) is 40.5 Å². The third kappa shape index (κ3) is 3.35. The smallest absolute Gasteiger partial charge is 0.352 e. The molecule has 0 bridgehead atoms. The number of benzene rings is 3. The average Bonchev–Trinajstić information content (AvgIpc) is 3.21. The zero-order chi connectivity index (χ0) is 27.0. The Balaban J connectivity index is 1.49. The molecule has 39 heavy (non-hydrogen) atoms. The third-order valence-electron chi connectivity index (χ3n) is 7.86. The minimum atomic E-state index is -0.755. The molecule has 1 N–H and O–H groups in total. The maximum atomic E-state index is 13.8. The topological polar surface area (TPSA) is 103 Å². The first-order valence-electron chi connectivity index (χ1n) is 12.5. The van der Waals surface area contributed by atoms with Crippen LogP contribution in [-0.4, -0.2) is 30.6 Å². The maximum Gasteiger partial charge on any atom is 0.352 e. The fourth-order valence-electron chi connectivity index (χ4n) is 6.13. The summed E-state index contributed by atoms with van der Waals surface area (Å²) in [5.41, 5.74) is 1.27. The van der Waals surface area contributed by atoms with Crippen molar-refractivity contribution in [1.29, 1.82) is 0 Å². The van der Waals surface area contributed by atoms with Gasteiger partial charge in [0.05, 0.1) is 21.9 Å². The van der Waals surface area contributed by atoms with Crippen LogP contribution >= 0.6 is 22.6 Å². The number of ketones is 2. The van der Waals surface area contributed by atoms with E-state index in [1.54, 1.807) is 42.5 Å². The van der Waals surface area contributed by atoms with Gasteiger partial charge in [-0.3, -0.25) is 9.59 Å². The summed E-state index contributed by atoms with van der Waals surface area (Å²) >= 11 is 1.88. The molecule has 2 heterocycles. The predicted molar refractivity (Wildman–Crippen MR) is 154 cm³/mol. The molecular formula is C30H20IN3O5. The summed E-state index contributed by atoms with van der Waals surface area (Å²) in [6.45, 7) is 0.113. The molecule has 2 atom stereocenters. The molecule has 8 nitrogen and oxygen atoms in total. The monoisotopic (exact) mass is 629 g/mol. The van der Waals surface area contributed by atoms with Gasteiger partial charge in [0.1, 0.15) is 5.75 Å². The van der Waals surface area contributed by atoms with Crippen LogP contribution < -0.4 is 11.4 Å². The van der Waals surface area contributed by atoms with Crippen molar-refractivity contribution in [2.75, 3.05) is 0 Å². The summed E-state index contributed by atoms with van der Waals surface area (Å²) in [6, 6.07) is 19.1. The Morgan fingerprint density at radius 1 is 0.872 bits per heavy atom. The zero-order valence-corrected chi connectivity index (χ0v) is 22.5. The second-order valence-electron chi connectivity index (χ2n) is 9.82. The van der Waals surface area contributed by atoms with Gasteiger partial charge in [-0.1, -0.05) is 60.7 Å². The van der Waals surface area contributed by atoms with Gasteiger partial charge < -0.3 is 5.11 Å². The summed E-state index contributed by atoms with van der Waals surface area (Å²) in [5.74, 6) is -1.30. The Hall–Kier alpha value is -4.25. The molecule has 1 aliphatic heterocycles. The van der Waals surface area contributed by atoms with Crippen molar-refractivity contribution in [2.45, 2.75) is 24.9 Å². The number of para-hydroxylation sites is 1. The predicted octanol–water partition coefficient (Wildman–Crippen LogP) is 4.10. The highest BCUT2D eigenvalue weighted by atomic mass is 127. The van der Waals surface area contributed by atoms with E-state index in [4.69, 9.17) is 0 Å². The van der Waals surface area contributed by atoms with E-state index >= 15 is 0 Å². The minimum absolute atomic E-state index is 0.0217. The summed E-state index contributed by atoms with van der Waals surface area (Å²) < 4.78 is 4.21. The molecule has 1 aromatic heterocycles. The highest BCUT2D eigenvalue weighted by Crippen LogP contribution is 2.52. The molecule has 0 saturated heterocycles. The van der Waals surface area contributed by atoms with Gasteiger partial charge in [0.25, 0.3) is 0 Å². The number of carbonyl (C=O) groups is 2. The van der Waals surface area contributed by atoms with E-state index in [0.29, 0.717) is 36.9 Å². The summed E-state index contributed by atoms with van der Waals surface area (Å²) in [6.07, 6.45) is 3.27. The second-order valence-corrected chi connectivity index (χ2v) is 11.0. The molecule has 0 amide bonds. The molecule has 0 fully saturated rings. The molecule has 3 aromatic carbocycles. The van der Waals surface area contributed by atoms with Crippen molar-refractivity contribution in [3.8, 4) is 11.4 Å². The lowest BCUT2D eigenvalue weighted by Crippen LogP contribution is -2.40. The first kappa shape index (κ1) is 23.8. The molecular weight excluding hydrogens is 609 g/mol. The number of hydrogen-bond acceptors (Lipinski definition) is 5. The number of rotatable bonds is 2. The van der Waals surface area contributed by atoms with Crippen molar-refractivity contribution in [1.82, 2.24) is 13.9 Å². The summed E-state index contributed by atoms with van der Waals surface area (Å²) in [5, 5.41) is 12.9. The second kappa shape index (κ2) is 8.63. The number of nitrogens with zero attached hydrogens (tertiary/aromatic N) is 3. The fraction of sp³-hybridized carbons (Fsp3) is 0.133. The van der Waals surface area contributed by atoms with Gasteiger partial charge >= 0.3 is 11.4 Å². The molecule has 2 unspecified atom stereocenters. The van der Waals surface area contributed by atoms with Crippen LogP contribution in [0.5, 0.6) is 5.75 Å². The van der Waals surface area contributed by atoms with E-state index in [-0.39, 0.29) is 30.3 Å². The van der Waals surface area contributed by atoms with E-state index in [9.17, 15) is 24.3 Å². The van der Waals surface area contributed by atoms with Gasteiger partial charge in [-0.2, -0.15) is 0 Å². The molecule has 0 saturated carbocycles. The van der Waals surface area contributed by atoms with Crippen molar-refractivity contribution in [3.63, 3.8) is 0 Å². The summed E-state index contributed by atoms with van der Waals surface area (Å²) in [4.78, 5) is 54.0. The Morgan fingerprint density at radius 2 is 1.62 bits per heavy atom. The quantitative estimate of drug-likeness (QED) is 0.205. The first-order valence-corrected chi connectivity index (χ1v) is 13.5. The largest absolute Gasteiger partial charge is 0.507 e. The van der Waals surface area contributed by atoms with E-state index < -0.39 is 23.3 Å². The Bertz CT molecular complexity index is 1970. The molecule has 3 aliphatic rings. The van der Waals surface area contributed by atoms with Crippen molar-refractivity contribution >= 4 is 44.9 Å². The number of fused-ring (bicyclic) bond motifs is 4. The zero-order valence-electron chi connectivity index (χ0n) is 20.4. The SMILES string of the molecule is O=C1C=C(I)C(=O)C2=C1CC1C(=CCn3c(=O)n(-c4ccccc4)c(=O)n31)C2c1ccc2ccccc2c1O. The van der Waals surface area contributed by atoms with Crippen LogP contribution in [0.25, 0.3) is 16.5 Å². The lowest BCUT2D eigenvalue weighted by atomic mass is 9.68. The molecule has 7 rings (SSSR count). The number of aromatic hydroxyl groups is 1. The van der Waals surface area contributed by atoms with E-state index in [0.717, 1.165) is 9.95 Å². The van der Waals surface area contributed by atoms with Gasteiger partial charge in [0.2, 0.25) is 0 Å². The van der Waals surface area contributed by atoms with E-state index in [2.05, 4.69) is 0 Å².